The Hall–Kier alpha value is -2.14. The molecule has 1 aliphatic rings. The second-order valence-corrected chi connectivity index (χ2v) is 5.82. The van der Waals surface area contributed by atoms with E-state index in [0.29, 0.717) is 17.2 Å². The highest BCUT2D eigenvalue weighted by Crippen LogP contribution is 2.24. The van der Waals surface area contributed by atoms with Crippen molar-refractivity contribution >= 4 is 5.91 Å². The Labute approximate surface area is 129 Å². The number of benzene rings is 1. The minimum atomic E-state index is -0.0448. The Kier molecular flexibility index (Phi) is 4.53. The van der Waals surface area contributed by atoms with Crippen molar-refractivity contribution < 1.29 is 14.3 Å². The summed E-state index contributed by atoms with van der Waals surface area (Å²) in [4.78, 5) is 16.1. The van der Waals surface area contributed by atoms with Gasteiger partial charge in [0.2, 0.25) is 0 Å². The van der Waals surface area contributed by atoms with Crippen molar-refractivity contribution in [2.75, 3.05) is 6.61 Å². The summed E-state index contributed by atoms with van der Waals surface area (Å²) in [6.07, 6.45) is 6.87. The number of nitrogens with one attached hydrogen (secondary N) is 1. The van der Waals surface area contributed by atoms with Gasteiger partial charge in [0.05, 0.1) is 6.20 Å². The van der Waals surface area contributed by atoms with Crippen molar-refractivity contribution in [1.82, 2.24) is 10.3 Å². The zero-order valence-corrected chi connectivity index (χ0v) is 12.4. The van der Waals surface area contributed by atoms with Crippen LogP contribution in [0.5, 0.6) is 0 Å². The van der Waals surface area contributed by atoms with E-state index in [4.69, 9.17) is 9.52 Å². The maximum atomic E-state index is 12.3. The van der Waals surface area contributed by atoms with Crippen molar-refractivity contribution in [3.8, 4) is 11.3 Å². The Morgan fingerprint density at radius 2 is 1.95 bits per heavy atom. The predicted molar refractivity (Wildman–Crippen MR) is 82.2 cm³/mol. The number of aliphatic hydroxyl groups is 1. The number of rotatable bonds is 4. The maximum absolute atomic E-state index is 12.3. The molecule has 1 aromatic carbocycles. The molecule has 5 heteroatoms. The topological polar surface area (TPSA) is 75.4 Å². The summed E-state index contributed by atoms with van der Waals surface area (Å²) in [7, 11) is 0. The molecule has 0 aliphatic heterocycles. The Morgan fingerprint density at radius 3 is 2.55 bits per heavy atom. The molecule has 1 fully saturated rings. The minimum absolute atomic E-state index is 0.0448. The lowest BCUT2D eigenvalue weighted by Crippen LogP contribution is -2.38. The first kappa shape index (κ1) is 14.8. The Bertz CT molecular complexity index is 599. The van der Waals surface area contributed by atoms with E-state index in [2.05, 4.69) is 10.3 Å². The number of oxazole rings is 1. The van der Waals surface area contributed by atoms with Crippen molar-refractivity contribution in [2.24, 2.45) is 5.92 Å². The lowest BCUT2D eigenvalue weighted by atomic mass is 9.86. The fourth-order valence-electron chi connectivity index (χ4n) is 2.90. The van der Waals surface area contributed by atoms with E-state index in [1.54, 1.807) is 18.3 Å². The number of hydrogen-bond donors (Lipinski definition) is 2. The molecule has 5 nitrogen and oxygen atoms in total. The van der Waals surface area contributed by atoms with Crippen LogP contribution in [-0.2, 0) is 0 Å². The maximum Gasteiger partial charge on any atom is 0.251 e. The molecule has 1 heterocycles. The molecule has 0 bridgehead atoms. The second-order valence-electron chi connectivity index (χ2n) is 5.82. The van der Waals surface area contributed by atoms with Gasteiger partial charge in [-0.3, -0.25) is 4.79 Å². The molecule has 0 atom stereocenters. The van der Waals surface area contributed by atoms with Gasteiger partial charge < -0.3 is 14.8 Å². The van der Waals surface area contributed by atoms with Crippen LogP contribution in [0.4, 0.5) is 0 Å². The van der Waals surface area contributed by atoms with Crippen molar-refractivity contribution in [3.05, 3.63) is 42.4 Å². The zero-order chi connectivity index (χ0) is 15.4. The number of aromatic nitrogens is 1. The van der Waals surface area contributed by atoms with Gasteiger partial charge in [0.1, 0.15) is 0 Å². The quantitative estimate of drug-likeness (QED) is 0.910. The highest BCUT2D eigenvalue weighted by atomic mass is 16.3. The van der Waals surface area contributed by atoms with Crippen LogP contribution in [0.1, 0.15) is 36.0 Å². The average molecular weight is 300 g/mol. The summed E-state index contributed by atoms with van der Waals surface area (Å²) in [5.74, 6) is 1.04. The predicted octanol–water partition coefficient (Wildman–Crippen LogP) is 2.62. The molecule has 0 radical (unpaired) electrons. The molecule has 2 aromatic rings. The Balaban J connectivity index is 1.58. The molecule has 1 saturated carbocycles. The van der Waals surface area contributed by atoms with E-state index in [0.717, 1.165) is 31.2 Å². The van der Waals surface area contributed by atoms with Gasteiger partial charge in [-0.25, -0.2) is 4.98 Å². The van der Waals surface area contributed by atoms with Crippen molar-refractivity contribution in [3.63, 3.8) is 0 Å². The molecule has 0 spiro atoms. The van der Waals surface area contributed by atoms with E-state index in [-0.39, 0.29) is 18.6 Å². The van der Waals surface area contributed by atoms with E-state index in [1.165, 1.54) is 6.39 Å². The fourth-order valence-corrected chi connectivity index (χ4v) is 2.90. The van der Waals surface area contributed by atoms with Gasteiger partial charge in [-0.15, -0.1) is 0 Å². The summed E-state index contributed by atoms with van der Waals surface area (Å²) in [5, 5.41) is 12.2. The average Bonchev–Trinajstić information content (AvgIpc) is 3.10. The summed E-state index contributed by atoms with van der Waals surface area (Å²) in [6, 6.07) is 7.53. The van der Waals surface area contributed by atoms with E-state index in [9.17, 15) is 4.79 Å². The van der Waals surface area contributed by atoms with E-state index >= 15 is 0 Å². The van der Waals surface area contributed by atoms with Gasteiger partial charge in [-0.05, 0) is 43.7 Å². The first-order chi connectivity index (χ1) is 10.8. The summed E-state index contributed by atoms with van der Waals surface area (Å²) in [6.45, 7) is 0.254. The van der Waals surface area contributed by atoms with Gasteiger partial charge in [-0.2, -0.15) is 0 Å². The van der Waals surface area contributed by atoms with Crippen LogP contribution in [0.2, 0.25) is 0 Å². The molecule has 22 heavy (non-hydrogen) atoms. The number of nitrogens with zero attached hydrogens (tertiary/aromatic N) is 1. The van der Waals surface area contributed by atoms with E-state index < -0.39 is 0 Å². The lowest BCUT2D eigenvalue weighted by molar-refractivity contribution is 0.0914. The molecular weight excluding hydrogens is 280 g/mol. The van der Waals surface area contributed by atoms with Gasteiger partial charge in [0.25, 0.3) is 5.91 Å². The molecule has 3 rings (SSSR count). The van der Waals surface area contributed by atoms with E-state index in [1.807, 2.05) is 12.1 Å². The van der Waals surface area contributed by atoms with Crippen molar-refractivity contribution in [1.29, 1.82) is 0 Å². The fraction of sp³-hybridized carbons (Fsp3) is 0.412. The van der Waals surface area contributed by atoms with Gasteiger partial charge in [0, 0.05) is 23.8 Å². The summed E-state index contributed by atoms with van der Waals surface area (Å²) < 4.78 is 5.23. The first-order valence-corrected chi connectivity index (χ1v) is 7.67. The van der Waals surface area contributed by atoms with Crippen LogP contribution in [0.15, 0.2) is 41.3 Å². The SMILES string of the molecule is O=C(NC1CCC(CO)CC1)c1ccc(-c2cnco2)cc1. The van der Waals surface area contributed by atoms with Crippen LogP contribution in [0.3, 0.4) is 0 Å². The second kappa shape index (κ2) is 6.75. The van der Waals surface area contributed by atoms with Crippen LogP contribution in [0, 0.1) is 5.92 Å². The third kappa shape index (κ3) is 3.36. The molecule has 0 saturated heterocycles. The highest BCUT2D eigenvalue weighted by Gasteiger charge is 2.22. The normalized spacial score (nSPS) is 21.5. The lowest BCUT2D eigenvalue weighted by Gasteiger charge is -2.27. The van der Waals surface area contributed by atoms with Crippen molar-refractivity contribution in [2.45, 2.75) is 31.7 Å². The molecule has 116 valence electrons. The minimum Gasteiger partial charge on any atom is -0.444 e. The first-order valence-electron chi connectivity index (χ1n) is 7.67. The Morgan fingerprint density at radius 1 is 1.23 bits per heavy atom. The van der Waals surface area contributed by atoms with Gasteiger partial charge in [0.15, 0.2) is 12.2 Å². The number of amides is 1. The number of carbonyl (C=O) groups excluding carboxylic acids is 1. The molecule has 1 aliphatic carbocycles. The largest absolute Gasteiger partial charge is 0.444 e. The molecular formula is C17H20N2O3. The van der Waals surface area contributed by atoms with Crippen LogP contribution in [0.25, 0.3) is 11.3 Å². The summed E-state index contributed by atoms with van der Waals surface area (Å²) >= 11 is 0. The molecule has 1 aromatic heterocycles. The molecule has 2 N–H and O–H groups in total. The van der Waals surface area contributed by atoms with Crippen LogP contribution >= 0.6 is 0 Å². The smallest absolute Gasteiger partial charge is 0.251 e. The number of carbonyl (C=O) groups is 1. The third-order valence-corrected chi connectivity index (χ3v) is 4.30. The molecule has 1 amide bonds. The van der Waals surface area contributed by atoms with Gasteiger partial charge in [-0.1, -0.05) is 12.1 Å². The monoisotopic (exact) mass is 300 g/mol. The number of hydrogen-bond acceptors (Lipinski definition) is 4. The molecule has 0 unspecified atom stereocenters. The zero-order valence-electron chi connectivity index (χ0n) is 12.4. The van der Waals surface area contributed by atoms with Crippen LogP contribution < -0.4 is 5.32 Å². The highest BCUT2D eigenvalue weighted by molar-refractivity contribution is 5.94. The summed E-state index contributed by atoms with van der Waals surface area (Å²) in [5.41, 5.74) is 1.55. The van der Waals surface area contributed by atoms with Gasteiger partial charge >= 0.3 is 0 Å². The van der Waals surface area contributed by atoms with Crippen LogP contribution in [-0.4, -0.2) is 28.6 Å². The third-order valence-electron chi connectivity index (χ3n) is 4.30. The standard InChI is InChI=1S/C17H20N2O3/c20-10-12-1-7-15(8-2-12)19-17(21)14-5-3-13(4-6-14)16-9-18-11-22-16/h3-6,9,11-12,15,20H,1-2,7-8,10H2,(H,19,21). The number of aliphatic hydroxyl groups excluding tert-OH is 1.